The molecule has 1 aromatic carbocycles. The standard InChI is InChI=1S/C13H18O4/c1-9(14)4-11(15)5-10-6-12(16-2)8-13(7-10)17-3/h6-9,14H,4-5H2,1-3H3. The molecule has 1 unspecified atom stereocenters. The first-order chi connectivity index (χ1) is 8.05. The van der Waals surface area contributed by atoms with Crippen LogP contribution < -0.4 is 9.47 Å². The molecule has 4 heteroatoms. The number of ketones is 1. The minimum atomic E-state index is -0.602. The number of benzene rings is 1. The van der Waals surface area contributed by atoms with Gasteiger partial charge < -0.3 is 14.6 Å². The third-order valence-electron chi connectivity index (χ3n) is 2.34. The molecule has 0 spiro atoms. The highest BCUT2D eigenvalue weighted by Gasteiger charge is 2.09. The first-order valence-electron chi connectivity index (χ1n) is 5.47. The van der Waals surface area contributed by atoms with Crippen LogP contribution in [0.5, 0.6) is 11.5 Å². The van der Waals surface area contributed by atoms with Gasteiger partial charge in [0.15, 0.2) is 0 Å². The maximum atomic E-state index is 11.6. The lowest BCUT2D eigenvalue weighted by molar-refractivity contribution is -0.120. The normalized spacial score (nSPS) is 12.0. The van der Waals surface area contributed by atoms with Crippen molar-refractivity contribution in [2.45, 2.75) is 25.9 Å². The number of carbonyl (C=O) groups excluding carboxylic acids is 1. The van der Waals surface area contributed by atoms with Crippen LogP contribution >= 0.6 is 0 Å². The molecule has 1 N–H and O–H groups in total. The van der Waals surface area contributed by atoms with Crippen molar-refractivity contribution in [3.63, 3.8) is 0 Å². The van der Waals surface area contributed by atoms with Gasteiger partial charge in [0.05, 0.1) is 20.3 Å². The van der Waals surface area contributed by atoms with E-state index in [9.17, 15) is 4.79 Å². The van der Waals surface area contributed by atoms with E-state index in [1.54, 1.807) is 39.3 Å². The van der Waals surface area contributed by atoms with Gasteiger partial charge in [-0.25, -0.2) is 0 Å². The van der Waals surface area contributed by atoms with Crippen molar-refractivity contribution >= 4 is 5.78 Å². The quantitative estimate of drug-likeness (QED) is 0.817. The molecular formula is C13H18O4. The molecule has 94 valence electrons. The number of aliphatic hydroxyl groups excluding tert-OH is 1. The smallest absolute Gasteiger partial charge is 0.139 e. The molecule has 0 aliphatic rings. The maximum absolute atomic E-state index is 11.6. The Bertz CT molecular complexity index is 363. The van der Waals surface area contributed by atoms with Crippen molar-refractivity contribution in [2.75, 3.05) is 14.2 Å². The zero-order valence-electron chi connectivity index (χ0n) is 10.4. The molecule has 1 aromatic rings. The predicted molar refractivity (Wildman–Crippen MR) is 64.6 cm³/mol. The lowest BCUT2D eigenvalue weighted by Crippen LogP contribution is -2.11. The summed E-state index contributed by atoms with van der Waals surface area (Å²) in [7, 11) is 3.13. The van der Waals surface area contributed by atoms with E-state index in [-0.39, 0.29) is 18.6 Å². The largest absolute Gasteiger partial charge is 0.497 e. The topological polar surface area (TPSA) is 55.8 Å². The van der Waals surface area contributed by atoms with Gasteiger partial charge in [-0.15, -0.1) is 0 Å². The number of ether oxygens (including phenoxy) is 2. The number of rotatable bonds is 6. The zero-order valence-corrected chi connectivity index (χ0v) is 10.4. The Kier molecular flexibility index (Phi) is 4.97. The summed E-state index contributed by atoms with van der Waals surface area (Å²) in [4.78, 5) is 11.6. The van der Waals surface area contributed by atoms with E-state index < -0.39 is 6.10 Å². The number of aliphatic hydroxyl groups is 1. The fraction of sp³-hybridized carbons (Fsp3) is 0.462. The molecule has 0 fully saturated rings. The Hall–Kier alpha value is -1.55. The number of Topliss-reactive ketones (excluding diaryl/α,β-unsaturated/α-hetero) is 1. The zero-order chi connectivity index (χ0) is 12.8. The van der Waals surface area contributed by atoms with Crippen molar-refractivity contribution in [1.82, 2.24) is 0 Å². The minimum Gasteiger partial charge on any atom is -0.497 e. The second-order valence-electron chi connectivity index (χ2n) is 3.99. The monoisotopic (exact) mass is 238 g/mol. The average molecular weight is 238 g/mol. The second kappa shape index (κ2) is 6.25. The first-order valence-corrected chi connectivity index (χ1v) is 5.47. The van der Waals surface area contributed by atoms with E-state index in [0.29, 0.717) is 11.5 Å². The molecule has 0 radical (unpaired) electrons. The fourth-order valence-electron chi connectivity index (χ4n) is 1.60. The molecule has 0 heterocycles. The van der Waals surface area contributed by atoms with Crippen molar-refractivity contribution in [3.8, 4) is 11.5 Å². The van der Waals surface area contributed by atoms with Crippen LogP contribution in [0.1, 0.15) is 18.9 Å². The first kappa shape index (κ1) is 13.5. The summed E-state index contributed by atoms with van der Waals surface area (Å²) in [6, 6.07) is 5.34. The van der Waals surface area contributed by atoms with Gasteiger partial charge >= 0.3 is 0 Å². The van der Waals surface area contributed by atoms with E-state index in [0.717, 1.165) is 5.56 Å². The molecule has 0 saturated heterocycles. The summed E-state index contributed by atoms with van der Waals surface area (Å²) in [5.41, 5.74) is 0.826. The molecule has 0 aliphatic carbocycles. The van der Waals surface area contributed by atoms with Crippen molar-refractivity contribution in [2.24, 2.45) is 0 Å². The molecule has 4 nitrogen and oxygen atoms in total. The summed E-state index contributed by atoms with van der Waals surface area (Å²) in [6.07, 6.45) is -0.159. The molecule has 17 heavy (non-hydrogen) atoms. The van der Waals surface area contributed by atoms with Crippen LogP contribution in [0.2, 0.25) is 0 Å². The number of carbonyl (C=O) groups is 1. The molecule has 0 aliphatic heterocycles. The Morgan fingerprint density at radius 1 is 1.24 bits per heavy atom. The molecule has 1 atom stereocenters. The summed E-state index contributed by atoms with van der Waals surface area (Å²) in [5.74, 6) is 1.31. The highest BCUT2D eigenvalue weighted by molar-refractivity contribution is 5.81. The van der Waals surface area contributed by atoms with E-state index in [4.69, 9.17) is 14.6 Å². The number of methoxy groups -OCH3 is 2. The second-order valence-corrected chi connectivity index (χ2v) is 3.99. The maximum Gasteiger partial charge on any atom is 0.139 e. The van der Waals surface area contributed by atoms with Crippen LogP contribution in [0.15, 0.2) is 18.2 Å². The van der Waals surface area contributed by atoms with E-state index >= 15 is 0 Å². The van der Waals surface area contributed by atoms with Crippen molar-refractivity contribution in [3.05, 3.63) is 23.8 Å². The summed E-state index contributed by atoms with van der Waals surface area (Å²) >= 11 is 0. The van der Waals surface area contributed by atoms with Crippen molar-refractivity contribution < 1.29 is 19.4 Å². The SMILES string of the molecule is COc1cc(CC(=O)CC(C)O)cc(OC)c1. The third kappa shape index (κ3) is 4.44. The van der Waals surface area contributed by atoms with Gasteiger partial charge in [0.25, 0.3) is 0 Å². The van der Waals surface area contributed by atoms with Gasteiger partial charge in [0.1, 0.15) is 17.3 Å². The Labute approximate surface area is 101 Å². The van der Waals surface area contributed by atoms with E-state index in [2.05, 4.69) is 0 Å². The van der Waals surface area contributed by atoms with Gasteiger partial charge in [0.2, 0.25) is 0 Å². The Balaban J connectivity index is 2.79. The molecule has 0 saturated carbocycles. The van der Waals surface area contributed by atoms with Gasteiger partial charge in [-0.1, -0.05) is 0 Å². The molecule has 1 rings (SSSR count). The Morgan fingerprint density at radius 3 is 2.18 bits per heavy atom. The minimum absolute atomic E-state index is 0.00435. The highest BCUT2D eigenvalue weighted by Crippen LogP contribution is 2.23. The van der Waals surface area contributed by atoms with Crippen LogP contribution in [-0.4, -0.2) is 31.2 Å². The molecular weight excluding hydrogens is 220 g/mol. The molecule has 0 amide bonds. The van der Waals surface area contributed by atoms with Gasteiger partial charge in [-0.2, -0.15) is 0 Å². The van der Waals surface area contributed by atoms with Crippen LogP contribution in [0.3, 0.4) is 0 Å². The summed E-state index contributed by atoms with van der Waals surface area (Å²) in [5, 5.41) is 9.13. The van der Waals surface area contributed by atoms with Gasteiger partial charge in [-0.05, 0) is 24.6 Å². The predicted octanol–water partition coefficient (Wildman–Crippen LogP) is 1.59. The lowest BCUT2D eigenvalue weighted by Gasteiger charge is -2.08. The summed E-state index contributed by atoms with van der Waals surface area (Å²) in [6.45, 7) is 1.60. The van der Waals surface area contributed by atoms with Crippen LogP contribution in [0, 0.1) is 0 Å². The fourth-order valence-corrected chi connectivity index (χ4v) is 1.60. The summed E-state index contributed by atoms with van der Waals surface area (Å²) < 4.78 is 10.2. The van der Waals surface area contributed by atoms with Crippen LogP contribution in [0.4, 0.5) is 0 Å². The third-order valence-corrected chi connectivity index (χ3v) is 2.34. The van der Waals surface area contributed by atoms with E-state index in [1.807, 2.05) is 0 Å². The van der Waals surface area contributed by atoms with Crippen LogP contribution in [-0.2, 0) is 11.2 Å². The molecule has 0 bridgehead atoms. The van der Waals surface area contributed by atoms with Crippen LogP contribution in [0.25, 0.3) is 0 Å². The number of hydrogen-bond donors (Lipinski definition) is 1. The van der Waals surface area contributed by atoms with Gasteiger partial charge in [-0.3, -0.25) is 4.79 Å². The highest BCUT2D eigenvalue weighted by atomic mass is 16.5. The average Bonchev–Trinajstić information content (AvgIpc) is 2.27. The number of hydrogen-bond acceptors (Lipinski definition) is 4. The van der Waals surface area contributed by atoms with E-state index in [1.165, 1.54) is 0 Å². The lowest BCUT2D eigenvalue weighted by atomic mass is 10.0. The van der Waals surface area contributed by atoms with Crippen molar-refractivity contribution in [1.29, 1.82) is 0 Å². The Morgan fingerprint density at radius 2 is 1.76 bits per heavy atom. The molecule has 0 aromatic heterocycles. The van der Waals surface area contributed by atoms with Gasteiger partial charge in [0, 0.05) is 18.9 Å².